The first-order chi connectivity index (χ1) is 13.0. The number of aromatic hydroxyl groups is 1. The van der Waals surface area contributed by atoms with Crippen molar-refractivity contribution in [1.29, 1.82) is 0 Å². The second-order valence-corrected chi connectivity index (χ2v) is 6.14. The van der Waals surface area contributed by atoms with Crippen LogP contribution >= 0.6 is 0 Å². The molecule has 27 heavy (non-hydrogen) atoms. The summed E-state index contributed by atoms with van der Waals surface area (Å²) in [5.74, 6) is 1.56. The number of hydrogen-bond donors (Lipinski definition) is 1. The van der Waals surface area contributed by atoms with Gasteiger partial charge in [0.1, 0.15) is 5.75 Å². The third kappa shape index (κ3) is 3.53. The molecule has 0 radical (unpaired) electrons. The summed E-state index contributed by atoms with van der Waals surface area (Å²) in [7, 11) is 4.65. The molecule has 0 fully saturated rings. The molecule has 3 rings (SSSR count). The van der Waals surface area contributed by atoms with Gasteiger partial charge in [-0.3, -0.25) is 4.79 Å². The van der Waals surface area contributed by atoms with Gasteiger partial charge in [0.2, 0.25) is 11.7 Å². The van der Waals surface area contributed by atoms with Crippen LogP contribution < -0.4 is 14.2 Å². The van der Waals surface area contributed by atoms with Crippen molar-refractivity contribution in [3.8, 4) is 23.0 Å². The summed E-state index contributed by atoms with van der Waals surface area (Å²) in [4.78, 5) is 12.2. The first kappa shape index (κ1) is 18.6. The van der Waals surface area contributed by atoms with Gasteiger partial charge >= 0.3 is 0 Å². The van der Waals surface area contributed by atoms with Gasteiger partial charge in [0.05, 0.1) is 33.1 Å². The van der Waals surface area contributed by atoms with Crippen LogP contribution in [-0.4, -0.2) is 43.1 Å². The van der Waals surface area contributed by atoms with Gasteiger partial charge in [-0.15, -0.1) is 0 Å². The Morgan fingerprint density at radius 3 is 2.15 bits per heavy atom. The summed E-state index contributed by atoms with van der Waals surface area (Å²) in [6, 6.07) is 10.1. The van der Waals surface area contributed by atoms with Crippen molar-refractivity contribution in [1.82, 2.24) is 5.01 Å². The standard InChI is InChI=1S/C20H22N2O5/c1-12(23)22-17(11-16(21-22)13-5-7-15(24)8-6-13)14-9-18(25-2)20(27-4)19(10-14)26-3/h5-10,17,24H,11H2,1-4H3/t17-/m1/s1. The summed E-state index contributed by atoms with van der Waals surface area (Å²) in [6.45, 7) is 1.48. The number of methoxy groups -OCH3 is 3. The van der Waals surface area contributed by atoms with E-state index in [1.807, 2.05) is 12.1 Å². The van der Waals surface area contributed by atoms with Crippen molar-refractivity contribution in [2.45, 2.75) is 19.4 Å². The molecule has 142 valence electrons. The Labute approximate surface area is 157 Å². The van der Waals surface area contributed by atoms with Gasteiger partial charge in [-0.1, -0.05) is 0 Å². The Bertz CT molecular complexity index is 851. The molecule has 0 bridgehead atoms. The molecule has 7 heteroatoms. The lowest BCUT2D eigenvalue weighted by Crippen LogP contribution is -2.24. The van der Waals surface area contributed by atoms with E-state index < -0.39 is 0 Å². The van der Waals surface area contributed by atoms with E-state index in [4.69, 9.17) is 14.2 Å². The highest BCUT2D eigenvalue weighted by Crippen LogP contribution is 2.43. The maximum absolute atomic E-state index is 12.2. The topological polar surface area (TPSA) is 80.6 Å². The molecule has 0 aliphatic carbocycles. The Morgan fingerprint density at radius 1 is 1.07 bits per heavy atom. The number of rotatable bonds is 5. The fraction of sp³-hybridized carbons (Fsp3) is 0.300. The van der Waals surface area contributed by atoms with Gasteiger partial charge in [0.25, 0.3) is 0 Å². The van der Waals surface area contributed by atoms with E-state index in [9.17, 15) is 9.90 Å². The lowest BCUT2D eigenvalue weighted by Gasteiger charge is -2.22. The van der Waals surface area contributed by atoms with Crippen LogP contribution in [-0.2, 0) is 4.79 Å². The minimum Gasteiger partial charge on any atom is -0.508 e. The molecular weight excluding hydrogens is 348 g/mol. The fourth-order valence-electron chi connectivity index (χ4n) is 3.18. The molecule has 0 saturated heterocycles. The van der Waals surface area contributed by atoms with Crippen molar-refractivity contribution < 1.29 is 24.1 Å². The molecule has 1 atom stereocenters. The number of hydrazone groups is 1. The fourth-order valence-corrected chi connectivity index (χ4v) is 3.18. The number of phenolic OH excluding ortho intramolecular Hbond substituents is 1. The van der Waals surface area contributed by atoms with E-state index in [-0.39, 0.29) is 17.7 Å². The zero-order valence-electron chi connectivity index (χ0n) is 15.7. The van der Waals surface area contributed by atoms with Crippen LogP contribution in [0.5, 0.6) is 23.0 Å². The third-order valence-corrected chi connectivity index (χ3v) is 4.51. The van der Waals surface area contributed by atoms with Crippen LogP contribution in [0.4, 0.5) is 0 Å². The highest BCUT2D eigenvalue weighted by Gasteiger charge is 2.32. The monoisotopic (exact) mass is 370 g/mol. The molecule has 1 N–H and O–H groups in total. The maximum Gasteiger partial charge on any atom is 0.240 e. The quantitative estimate of drug-likeness (QED) is 0.875. The van der Waals surface area contributed by atoms with E-state index in [1.54, 1.807) is 45.6 Å². The molecule has 1 heterocycles. The van der Waals surface area contributed by atoms with Crippen LogP contribution in [0, 0.1) is 0 Å². The second-order valence-electron chi connectivity index (χ2n) is 6.14. The molecular formula is C20H22N2O5. The molecule has 0 saturated carbocycles. The Hall–Kier alpha value is -3.22. The summed E-state index contributed by atoms with van der Waals surface area (Å²) < 4.78 is 16.2. The number of benzene rings is 2. The van der Waals surface area contributed by atoms with Gasteiger partial charge in [-0.2, -0.15) is 5.10 Å². The summed E-state index contributed by atoms with van der Waals surface area (Å²) in [5.41, 5.74) is 2.45. The number of carbonyl (C=O) groups is 1. The molecule has 1 aliphatic rings. The summed E-state index contributed by atoms with van der Waals surface area (Å²) in [6.07, 6.45) is 0.531. The molecule has 2 aromatic carbocycles. The molecule has 0 spiro atoms. The van der Waals surface area contributed by atoms with Crippen LogP contribution in [0.1, 0.15) is 30.5 Å². The summed E-state index contributed by atoms with van der Waals surface area (Å²) in [5, 5.41) is 15.5. The number of carbonyl (C=O) groups excluding carboxylic acids is 1. The predicted octanol–water partition coefficient (Wildman–Crippen LogP) is 3.12. The SMILES string of the molecule is COc1cc([C@H]2CC(c3ccc(O)cc3)=NN2C(C)=O)cc(OC)c1OC. The van der Waals surface area contributed by atoms with Crippen molar-refractivity contribution in [2.75, 3.05) is 21.3 Å². The number of amides is 1. The normalized spacial score (nSPS) is 16.1. The Balaban J connectivity index is 2.01. The first-order valence-corrected chi connectivity index (χ1v) is 8.45. The predicted molar refractivity (Wildman–Crippen MR) is 101 cm³/mol. The average molecular weight is 370 g/mol. The van der Waals surface area contributed by atoms with Crippen LogP contribution in [0.3, 0.4) is 0 Å². The number of hydrogen-bond acceptors (Lipinski definition) is 6. The van der Waals surface area contributed by atoms with E-state index in [1.165, 1.54) is 11.9 Å². The number of nitrogens with zero attached hydrogens (tertiary/aromatic N) is 2. The van der Waals surface area contributed by atoms with Gasteiger partial charge in [-0.05, 0) is 47.5 Å². The Kier molecular flexibility index (Phi) is 5.21. The second kappa shape index (κ2) is 7.57. The van der Waals surface area contributed by atoms with Crippen LogP contribution in [0.15, 0.2) is 41.5 Å². The number of ether oxygens (including phenoxy) is 3. The van der Waals surface area contributed by atoms with E-state index >= 15 is 0 Å². The molecule has 2 aromatic rings. The molecule has 1 aliphatic heterocycles. The lowest BCUT2D eigenvalue weighted by atomic mass is 9.97. The number of phenols is 1. The molecule has 1 amide bonds. The highest BCUT2D eigenvalue weighted by molar-refractivity contribution is 6.03. The molecule has 0 unspecified atom stereocenters. The maximum atomic E-state index is 12.2. The van der Waals surface area contributed by atoms with Crippen molar-refractivity contribution in [3.05, 3.63) is 47.5 Å². The van der Waals surface area contributed by atoms with E-state index in [2.05, 4.69) is 5.10 Å². The minimum atomic E-state index is -0.292. The van der Waals surface area contributed by atoms with Crippen LogP contribution in [0.25, 0.3) is 0 Å². The van der Waals surface area contributed by atoms with Gasteiger partial charge < -0.3 is 19.3 Å². The van der Waals surface area contributed by atoms with Crippen molar-refractivity contribution in [3.63, 3.8) is 0 Å². The van der Waals surface area contributed by atoms with Crippen LogP contribution in [0.2, 0.25) is 0 Å². The molecule has 0 aromatic heterocycles. The lowest BCUT2D eigenvalue weighted by molar-refractivity contribution is -0.130. The minimum absolute atomic E-state index is 0.164. The van der Waals surface area contributed by atoms with Crippen molar-refractivity contribution >= 4 is 11.6 Å². The van der Waals surface area contributed by atoms with Gasteiger partial charge in [0.15, 0.2) is 11.5 Å². The van der Waals surface area contributed by atoms with E-state index in [0.29, 0.717) is 23.7 Å². The van der Waals surface area contributed by atoms with E-state index in [0.717, 1.165) is 16.8 Å². The Morgan fingerprint density at radius 2 is 1.67 bits per heavy atom. The largest absolute Gasteiger partial charge is 0.508 e. The van der Waals surface area contributed by atoms with Crippen molar-refractivity contribution in [2.24, 2.45) is 5.10 Å². The molecule has 7 nitrogen and oxygen atoms in total. The third-order valence-electron chi connectivity index (χ3n) is 4.51. The smallest absolute Gasteiger partial charge is 0.240 e. The highest BCUT2D eigenvalue weighted by atomic mass is 16.5. The average Bonchev–Trinajstić information content (AvgIpc) is 3.13. The van der Waals surface area contributed by atoms with Gasteiger partial charge in [-0.25, -0.2) is 5.01 Å². The first-order valence-electron chi connectivity index (χ1n) is 8.45. The van der Waals surface area contributed by atoms with Gasteiger partial charge in [0, 0.05) is 13.3 Å². The summed E-state index contributed by atoms with van der Waals surface area (Å²) >= 11 is 0. The zero-order chi connectivity index (χ0) is 19.6. The zero-order valence-corrected chi connectivity index (χ0v) is 15.7.